The first-order chi connectivity index (χ1) is 8.12. The Hall–Kier alpha value is -0.960. The number of benzene rings is 1. The maximum atomic E-state index is 12.7. The lowest BCUT2D eigenvalue weighted by molar-refractivity contribution is -0.0326. The largest absolute Gasteiger partial charge is 0.441 e. The van der Waals surface area contributed by atoms with E-state index >= 15 is 0 Å². The molecule has 0 saturated carbocycles. The first-order valence-electron chi connectivity index (χ1n) is 4.60. The second-order valence-electron chi connectivity index (χ2n) is 3.30. The third kappa shape index (κ3) is 4.37. The molecule has 0 bridgehead atoms. The fraction of sp³-hybridized carbons (Fsp3) is 0.333. The summed E-state index contributed by atoms with van der Waals surface area (Å²) >= 11 is -0.430. The normalized spacial score (nSPS) is 12.7. The van der Waals surface area contributed by atoms with Crippen LogP contribution < -0.4 is 5.73 Å². The molecule has 0 heterocycles. The number of rotatable bonds is 4. The molecule has 1 rings (SSSR count). The Balaban J connectivity index is 2.81. The fourth-order valence-electron chi connectivity index (χ4n) is 1.18. The van der Waals surface area contributed by atoms with Gasteiger partial charge in [-0.15, -0.1) is 0 Å². The van der Waals surface area contributed by atoms with Gasteiger partial charge in [0.2, 0.25) is 0 Å². The lowest BCUT2D eigenvalue weighted by atomic mass is 10.3. The Labute approximate surface area is 105 Å². The van der Waals surface area contributed by atoms with Gasteiger partial charge < -0.3 is 5.73 Å². The highest BCUT2D eigenvalue weighted by Crippen LogP contribution is 2.31. The van der Waals surface area contributed by atoms with Gasteiger partial charge in [0.15, 0.2) is 9.84 Å². The summed E-state index contributed by atoms with van der Waals surface area (Å²) in [6.07, 6.45) is 0. The van der Waals surface area contributed by atoms with Crippen LogP contribution in [0.3, 0.4) is 0 Å². The van der Waals surface area contributed by atoms with Crippen LogP contribution in [0.25, 0.3) is 0 Å². The molecule has 0 amide bonds. The number of anilines is 1. The van der Waals surface area contributed by atoms with E-state index in [4.69, 9.17) is 5.73 Å². The van der Waals surface area contributed by atoms with Crippen molar-refractivity contribution in [2.45, 2.75) is 10.4 Å². The second kappa shape index (κ2) is 5.35. The zero-order chi connectivity index (χ0) is 14.0. The van der Waals surface area contributed by atoms with E-state index < -0.39 is 44.4 Å². The molecule has 0 aromatic heterocycles. The predicted octanol–water partition coefficient (Wildman–Crippen LogP) is 2.43. The number of hydrogen-bond donors (Lipinski definition) is 1. The minimum Gasteiger partial charge on any atom is -0.398 e. The summed E-state index contributed by atoms with van der Waals surface area (Å²) in [5, 5.41) is 0. The summed E-state index contributed by atoms with van der Waals surface area (Å²) in [5.41, 5.74) is 0.522. The summed E-state index contributed by atoms with van der Waals surface area (Å²) in [4.78, 5) is -0.355. The van der Waals surface area contributed by atoms with Crippen molar-refractivity contribution < 1.29 is 26.0 Å². The number of nitrogen functional groups attached to an aromatic ring is 1. The van der Waals surface area contributed by atoms with Crippen molar-refractivity contribution in [2.75, 3.05) is 17.2 Å². The Morgan fingerprint density at radius 1 is 1.28 bits per heavy atom. The maximum Gasteiger partial charge on any atom is 0.441 e. The van der Waals surface area contributed by atoms with Crippen LogP contribution in [0.5, 0.6) is 0 Å². The predicted molar refractivity (Wildman–Crippen MR) is 61.4 cm³/mol. The van der Waals surface area contributed by atoms with Gasteiger partial charge in [-0.05, 0) is 30.0 Å². The quantitative estimate of drug-likeness (QED) is 0.527. The number of halogens is 4. The summed E-state index contributed by atoms with van der Waals surface area (Å²) < 4.78 is 71.6. The third-order valence-corrected chi connectivity index (χ3v) is 4.70. The van der Waals surface area contributed by atoms with Crippen LogP contribution in [-0.2, 0) is 9.84 Å². The fourth-order valence-corrected chi connectivity index (χ4v) is 3.54. The van der Waals surface area contributed by atoms with Gasteiger partial charge in [0.25, 0.3) is 0 Å². The first kappa shape index (κ1) is 15.1. The number of hydrogen-bond acceptors (Lipinski definition) is 4. The molecular weight excluding hydrogens is 294 g/mol. The van der Waals surface area contributed by atoms with Gasteiger partial charge in [0.05, 0.1) is 16.3 Å². The van der Waals surface area contributed by atoms with Crippen LogP contribution in [0.2, 0.25) is 0 Å². The van der Waals surface area contributed by atoms with E-state index in [0.29, 0.717) is 0 Å². The van der Waals surface area contributed by atoms with E-state index in [1.165, 1.54) is 0 Å². The van der Waals surface area contributed by atoms with E-state index in [2.05, 4.69) is 0 Å². The minimum absolute atomic E-state index is 0.313. The molecule has 0 spiro atoms. The van der Waals surface area contributed by atoms with Gasteiger partial charge in [0.1, 0.15) is 5.82 Å². The van der Waals surface area contributed by atoms with Crippen LogP contribution >= 0.6 is 11.8 Å². The smallest absolute Gasteiger partial charge is 0.398 e. The van der Waals surface area contributed by atoms with Gasteiger partial charge >= 0.3 is 5.51 Å². The molecule has 0 saturated heterocycles. The summed E-state index contributed by atoms with van der Waals surface area (Å²) in [6.45, 7) is 0. The summed E-state index contributed by atoms with van der Waals surface area (Å²) in [7, 11) is -3.94. The minimum atomic E-state index is -4.48. The summed E-state index contributed by atoms with van der Waals surface area (Å²) in [6, 6.07) is 2.64. The molecule has 18 heavy (non-hydrogen) atoms. The third-order valence-electron chi connectivity index (χ3n) is 1.92. The van der Waals surface area contributed by atoms with Crippen molar-refractivity contribution in [3.8, 4) is 0 Å². The molecule has 0 atom stereocenters. The van der Waals surface area contributed by atoms with E-state index in [1.807, 2.05) is 0 Å². The van der Waals surface area contributed by atoms with Crippen LogP contribution in [0.4, 0.5) is 23.2 Å². The maximum absolute atomic E-state index is 12.7. The lowest BCUT2D eigenvalue weighted by Crippen LogP contribution is -2.13. The Morgan fingerprint density at radius 2 is 1.89 bits per heavy atom. The van der Waals surface area contributed by atoms with Crippen LogP contribution in [-0.4, -0.2) is 25.4 Å². The molecule has 1 aromatic carbocycles. The molecule has 0 aliphatic heterocycles. The molecule has 1 aromatic rings. The SMILES string of the molecule is Nc1cc(F)ccc1S(=O)(=O)CCSC(F)(F)F. The molecule has 9 heteroatoms. The Morgan fingerprint density at radius 3 is 2.39 bits per heavy atom. The molecule has 0 unspecified atom stereocenters. The number of nitrogens with two attached hydrogens (primary N) is 1. The van der Waals surface area contributed by atoms with Crippen molar-refractivity contribution >= 4 is 27.3 Å². The first-order valence-corrected chi connectivity index (χ1v) is 7.24. The lowest BCUT2D eigenvalue weighted by Gasteiger charge is -2.08. The zero-order valence-corrected chi connectivity index (χ0v) is 10.5. The van der Waals surface area contributed by atoms with E-state index in [9.17, 15) is 26.0 Å². The summed E-state index contributed by atoms with van der Waals surface area (Å²) in [5.74, 6) is -2.06. The van der Waals surface area contributed by atoms with Crippen LogP contribution in [0.15, 0.2) is 23.1 Å². The van der Waals surface area contributed by atoms with Crippen molar-refractivity contribution in [2.24, 2.45) is 0 Å². The molecule has 102 valence electrons. The van der Waals surface area contributed by atoms with E-state index in [0.717, 1.165) is 18.2 Å². The Kier molecular flexibility index (Phi) is 4.49. The highest BCUT2D eigenvalue weighted by molar-refractivity contribution is 8.01. The average Bonchev–Trinajstić information content (AvgIpc) is 2.13. The highest BCUT2D eigenvalue weighted by atomic mass is 32.2. The van der Waals surface area contributed by atoms with Crippen LogP contribution in [0.1, 0.15) is 0 Å². The Bertz CT molecular complexity index is 528. The van der Waals surface area contributed by atoms with Crippen molar-refractivity contribution in [3.63, 3.8) is 0 Å². The van der Waals surface area contributed by atoms with Crippen molar-refractivity contribution in [3.05, 3.63) is 24.0 Å². The zero-order valence-electron chi connectivity index (χ0n) is 8.87. The van der Waals surface area contributed by atoms with Crippen LogP contribution in [0, 0.1) is 5.82 Å². The van der Waals surface area contributed by atoms with Gasteiger partial charge in [-0.25, -0.2) is 12.8 Å². The second-order valence-corrected chi connectivity index (χ2v) is 6.53. The molecular formula is C9H9F4NO2S2. The molecule has 0 aliphatic carbocycles. The monoisotopic (exact) mass is 303 g/mol. The van der Waals surface area contributed by atoms with Crippen molar-refractivity contribution in [1.29, 1.82) is 0 Å². The van der Waals surface area contributed by atoms with Gasteiger partial charge in [-0.3, -0.25) is 0 Å². The van der Waals surface area contributed by atoms with Crippen molar-refractivity contribution in [1.82, 2.24) is 0 Å². The standard InChI is InChI=1S/C9H9F4NO2S2/c10-6-1-2-8(7(14)5-6)18(15,16)4-3-17-9(11,12)13/h1-2,5H,3-4,14H2. The molecule has 3 nitrogen and oxygen atoms in total. The molecule has 0 fully saturated rings. The molecule has 2 N–H and O–H groups in total. The van der Waals surface area contributed by atoms with E-state index in [-0.39, 0.29) is 10.6 Å². The average molecular weight is 303 g/mol. The number of thioether (sulfide) groups is 1. The van der Waals surface area contributed by atoms with Gasteiger partial charge in [-0.1, -0.05) is 0 Å². The number of sulfone groups is 1. The van der Waals surface area contributed by atoms with Gasteiger partial charge in [-0.2, -0.15) is 13.2 Å². The highest BCUT2D eigenvalue weighted by Gasteiger charge is 2.29. The topological polar surface area (TPSA) is 60.2 Å². The molecule has 0 aliphatic rings. The molecule has 0 radical (unpaired) electrons. The number of alkyl halides is 3. The van der Waals surface area contributed by atoms with Gasteiger partial charge in [0, 0.05) is 5.75 Å². The van der Waals surface area contributed by atoms with E-state index in [1.54, 1.807) is 0 Å².